The van der Waals surface area contributed by atoms with E-state index >= 15 is 0 Å². The van der Waals surface area contributed by atoms with Crippen molar-refractivity contribution in [2.75, 3.05) is 11.9 Å². The Hall–Kier alpha value is -1.14. The fraction of sp³-hybridized carbons (Fsp3) is 0.200. The number of benzene rings is 2. The van der Waals surface area contributed by atoms with E-state index in [1.54, 1.807) is 0 Å². The van der Waals surface area contributed by atoms with Crippen molar-refractivity contribution in [2.45, 2.75) is 12.5 Å². The van der Waals surface area contributed by atoms with Crippen LogP contribution < -0.4 is 10.1 Å². The average Bonchev–Trinajstić information content (AvgIpc) is 2.43. The van der Waals surface area contributed by atoms with Gasteiger partial charge < -0.3 is 10.1 Å². The highest BCUT2D eigenvalue weighted by atomic mass is 79.9. The molecule has 2 aromatic carbocycles. The minimum atomic E-state index is -0.620. The van der Waals surface area contributed by atoms with E-state index in [0.717, 1.165) is 21.9 Å². The Morgan fingerprint density at radius 3 is 2.71 bits per heavy atom. The Bertz CT molecular complexity index is 670. The highest BCUT2D eigenvalue weighted by Crippen LogP contribution is 2.38. The van der Waals surface area contributed by atoms with Gasteiger partial charge in [0.1, 0.15) is 17.4 Å². The van der Waals surface area contributed by atoms with Gasteiger partial charge in [-0.3, -0.25) is 0 Å². The van der Waals surface area contributed by atoms with Crippen LogP contribution in [0.4, 0.5) is 14.5 Å². The number of fused-ring (bicyclic) bond motifs is 1. The van der Waals surface area contributed by atoms with Crippen LogP contribution in [-0.4, -0.2) is 6.61 Å². The molecule has 1 unspecified atom stereocenters. The Morgan fingerprint density at radius 1 is 1.14 bits per heavy atom. The summed E-state index contributed by atoms with van der Waals surface area (Å²) < 4.78 is 34.0. The standard InChI is InChI=1S/C15H11Br2F2NO/c16-8-1-2-14-10(5-8)13(3-4-21-14)20-15-11(17)6-9(18)7-12(15)19/h1-2,5-7,13,20H,3-4H2. The fourth-order valence-electron chi connectivity index (χ4n) is 2.37. The summed E-state index contributed by atoms with van der Waals surface area (Å²) in [7, 11) is 0. The van der Waals surface area contributed by atoms with E-state index in [2.05, 4.69) is 37.2 Å². The van der Waals surface area contributed by atoms with Crippen LogP contribution in [0.2, 0.25) is 0 Å². The van der Waals surface area contributed by atoms with Crippen molar-refractivity contribution in [3.05, 3.63) is 56.5 Å². The summed E-state index contributed by atoms with van der Waals surface area (Å²) >= 11 is 6.62. The largest absolute Gasteiger partial charge is 0.493 e. The third-order valence-corrected chi connectivity index (χ3v) is 4.46. The lowest BCUT2D eigenvalue weighted by Gasteiger charge is -2.28. The lowest BCUT2D eigenvalue weighted by molar-refractivity contribution is 0.274. The fourth-order valence-corrected chi connectivity index (χ4v) is 3.27. The Labute approximate surface area is 137 Å². The topological polar surface area (TPSA) is 21.3 Å². The van der Waals surface area contributed by atoms with Crippen LogP contribution in [0.25, 0.3) is 0 Å². The first kappa shape index (κ1) is 14.8. The highest BCUT2D eigenvalue weighted by molar-refractivity contribution is 9.10. The van der Waals surface area contributed by atoms with Gasteiger partial charge in [-0.1, -0.05) is 15.9 Å². The molecule has 0 radical (unpaired) electrons. The summed E-state index contributed by atoms with van der Waals surface area (Å²) in [5, 5.41) is 3.14. The summed E-state index contributed by atoms with van der Waals surface area (Å²) in [6.45, 7) is 0.548. The number of rotatable bonds is 2. The Kier molecular flexibility index (Phi) is 4.17. The third kappa shape index (κ3) is 3.06. The zero-order valence-corrected chi connectivity index (χ0v) is 14.0. The molecule has 0 bridgehead atoms. The number of anilines is 1. The van der Waals surface area contributed by atoms with Crippen molar-refractivity contribution in [1.82, 2.24) is 0 Å². The van der Waals surface area contributed by atoms with E-state index in [0.29, 0.717) is 17.5 Å². The van der Waals surface area contributed by atoms with Crippen LogP contribution in [0.15, 0.2) is 39.3 Å². The van der Waals surface area contributed by atoms with E-state index < -0.39 is 11.6 Å². The first-order valence-corrected chi connectivity index (χ1v) is 7.96. The number of nitrogens with one attached hydrogen (secondary N) is 1. The monoisotopic (exact) mass is 417 g/mol. The van der Waals surface area contributed by atoms with E-state index in [9.17, 15) is 8.78 Å². The summed E-state index contributed by atoms with van der Waals surface area (Å²) in [5.74, 6) is -0.453. The molecule has 1 atom stereocenters. The molecule has 0 aromatic heterocycles. The second-order valence-electron chi connectivity index (χ2n) is 4.76. The lowest BCUT2D eigenvalue weighted by atomic mass is 10.0. The molecule has 2 nitrogen and oxygen atoms in total. The van der Waals surface area contributed by atoms with Crippen molar-refractivity contribution in [3.8, 4) is 5.75 Å². The third-order valence-electron chi connectivity index (χ3n) is 3.34. The lowest BCUT2D eigenvalue weighted by Crippen LogP contribution is -2.21. The number of ether oxygens (including phenoxy) is 1. The SMILES string of the molecule is Fc1cc(F)c(NC2CCOc3ccc(Br)cc32)c(Br)c1. The molecule has 1 N–H and O–H groups in total. The van der Waals surface area contributed by atoms with E-state index in [1.165, 1.54) is 6.07 Å². The second-order valence-corrected chi connectivity index (χ2v) is 6.53. The van der Waals surface area contributed by atoms with Crippen LogP contribution >= 0.6 is 31.9 Å². The average molecular weight is 419 g/mol. The molecule has 0 aliphatic carbocycles. The molecule has 0 saturated carbocycles. The van der Waals surface area contributed by atoms with E-state index in [1.807, 2.05) is 18.2 Å². The molecule has 2 aromatic rings. The maximum Gasteiger partial charge on any atom is 0.150 e. The number of hydrogen-bond donors (Lipinski definition) is 1. The minimum Gasteiger partial charge on any atom is -0.493 e. The number of halogens is 4. The van der Waals surface area contributed by atoms with E-state index in [4.69, 9.17) is 4.74 Å². The molecule has 0 amide bonds. The van der Waals surface area contributed by atoms with E-state index in [-0.39, 0.29) is 11.7 Å². The molecule has 21 heavy (non-hydrogen) atoms. The first-order valence-electron chi connectivity index (χ1n) is 6.38. The second kappa shape index (κ2) is 5.93. The van der Waals surface area contributed by atoms with Crippen molar-refractivity contribution in [3.63, 3.8) is 0 Å². The summed E-state index contributed by atoms with van der Waals surface area (Å²) in [6.07, 6.45) is 0.701. The minimum absolute atomic E-state index is 0.0949. The zero-order chi connectivity index (χ0) is 15.0. The molecular weight excluding hydrogens is 408 g/mol. The van der Waals surface area contributed by atoms with Crippen molar-refractivity contribution in [1.29, 1.82) is 0 Å². The van der Waals surface area contributed by atoms with Crippen LogP contribution in [-0.2, 0) is 0 Å². The van der Waals surface area contributed by atoms with Gasteiger partial charge >= 0.3 is 0 Å². The van der Waals surface area contributed by atoms with Gasteiger partial charge in [0.05, 0.1) is 18.3 Å². The van der Waals surface area contributed by atoms with Gasteiger partial charge in [-0.05, 0) is 40.2 Å². The first-order chi connectivity index (χ1) is 10.0. The van der Waals surface area contributed by atoms with Gasteiger partial charge in [0.2, 0.25) is 0 Å². The molecule has 1 aliphatic rings. The number of hydrogen-bond acceptors (Lipinski definition) is 2. The zero-order valence-electron chi connectivity index (χ0n) is 10.8. The van der Waals surface area contributed by atoms with Gasteiger partial charge in [0, 0.05) is 27.0 Å². The van der Waals surface area contributed by atoms with Crippen LogP contribution in [0.3, 0.4) is 0 Å². The predicted octanol–water partition coefficient (Wildman–Crippen LogP) is 5.43. The summed E-state index contributed by atoms with van der Waals surface area (Å²) in [4.78, 5) is 0. The molecule has 0 saturated heterocycles. The van der Waals surface area contributed by atoms with Gasteiger partial charge in [-0.2, -0.15) is 0 Å². The predicted molar refractivity (Wildman–Crippen MR) is 84.7 cm³/mol. The van der Waals surface area contributed by atoms with Crippen molar-refractivity contribution < 1.29 is 13.5 Å². The van der Waals surface area contributed by atoms with Gasteiger partial charge in [0.15, 0.2) is 0 Å². The van der Waals surface area contributed by atoms with Gasteiger partial charge in [0.25, 0.3) is 0 Å². The maximum absolute atomic E-state index is 13.9. The molecule has 3 rings (SSSR count). The molecule has 6 heteroatoms. The summed E-state index contributed by atoms with van der Waals surface area (Å²) in [5.41, 5.74) is 1.21. The molecule has 0 fully saturated rings. The molecule has 1 heterocycles. The Morgan fingerprint density at radius 2 is 1.95 bits per heavy atom. The highest BCUT2D eigenvalue weighted by Gasteiger charge is 2.23. The van der Waals surface area contributed by atoms with Crippen LogP contribution in [0.1, 0.15) is 18.0 Å². The van der Waals surface area contributed by atoms with Crippen LogP contribution in [0.5, 0.6) is 5.75 Å². The van der Waals surface area contributed by atoms with Gasteiger partial charge in [-0.15, -0.1) is 0 Å². The van der Waals surface area contributed by atoms with Crippen molar-refractivity contribution in [2.24, 2.45) is 0 Å². The molecular formula is C15H11Br2F2NO. The molecule has 1 aliphatic heterocycles. The Balaban J connectivity index is 1.96. The van der Waals surface area contributed by atoms with Gasteiger partial charge in [-0.25, -0.2) is 8.78 Å². The quantitative estimate of drug-likeness (QED) is 0.702. The maximum atomic E-state index is 13.9. The van der Waals surface area contributed by atoms with Crippen LogP contribution in [0, 0.1) is 11.6 Å². The van der Waals surface area contributed by atoms with Crippen molar-refractivity contribution >= 4 is 37.5 Å². The molecule has 110 valence electrons. The normalized spacial score (nSPS) is 17.0. The smallest absolute Gasteiger partial charge is 0.150 e. The summed E-state index contributed by atoms with van der Waals surface area (Å²) in [6, 6.07) is 7.74. The molecule has 0 spiro atoms.